The second-order valence-electron chi connectivity index (χ2n) is 7.46. The summed E-state index contributed by atoms with van der Waals surface area (Å²) in [6.07, 6.45) is 0.148. The molecule has 3 rings (SSSR count). The van der Waals surface area contributed by atoms with Crippen molar-refractivity contribution >= 4 is 22.8 Å². The number of carbonyl (C=O) groups is 2. The Bertz CT molecular complexity index is 1030. The maximum atomic E-state index is 12.4. The average Bonchev–Trinajstić information content (AvgIpc) is 3.11. The van der Waals surface area contributed by atoms with Crippen LogP contribution in [0.15, 0.2) is 28.7 Å². The van der Waals surface area contributed by atoms with Crippen molar-refractivity contribution in [1.29, 1.82) is 0 Å². The lowest BCUT2D eigenvalue weighted by molar-refractivity contribution is -0.121. The number of carbonyl (C=O) groups excluding carboxylic acids is 2. The topological polar surface area (TPSA) is 89.2 Å². The highest BCUT2D eigenvalue weighted by molar-refractivity contribution is 5.99. The molecule has 0 saturated heterocycles. The van der Waals surface area contributed by atoms with E-state index in [0.717, 1.165) is 34.4 Å². The molecule has 0 aliphatic carbocycles. The highest BCUT2D eigenvalue weighted by Gasteiger charge is 2.19. The number of aryl methyl sites for hydroxylation is 2. The summed E-state index contributed by atoms with van der Waals surface area (Å²) in [5.41, 5.74) is 8.97. The number of hydrogen-bond donors (Lipinski definition) is 2. The molecule has 7 heteroatoms. The van der Waals surface area contributed by atoms with Crippen LogP contribution in [0, 0.1) is 26.7 Å². The Balaban J connectivity index is 1.65. The van der Waals surface area contributed by atoms with Crippen molar-refractivity contribution < 1.29 is 14.0 Å². The summed E-state index contributed by atoms with van der Waals surface area (Å²) < 4.78 is 7.54. The standard InChI is InChI=1S/C21H26N4O3/c1-12(2)11-25-15(5)17(14(4)24-25)10-19(26)22-23-21(27)20-13(3)16-8-6-7-9-18(16)28-20/h6-9,12H,10-11H2,1-5H3,(H,22,26)(H,23,27). The Morgan fingerprint density at radius 3 is 2.54 bits per heavy atom. The van der Waals surface area contributed by atoms with Gasteiger partial charge in [-0.2, -0.15) is 5.10 Å². The van der Waals surface area contributed by atoms with Crippen molar-refractivity contribution in [2.24, 2.45) is 5.92 Å². The first-order valence-electron chi connectivity index (χ1n) is 9.38. The van der Waals surface area contributed by atoms with E-state index >= 15 is 0 Å². The lowest BCUT2D eigenvalue weighted by atomic mass is 10.1. The first-order valence-corrected chi connectivity index (χ1v) is 9.38. The zero-order valence-electron chi connectivity index (χ0n) is 16.9. The largest absolute Gasteiger partial charge is 0.451 e. The summed E-state index contributed by atoms with van der Waals surface area (Å²) in [5, 5.41) is 5.39. The van der Waals surface area contributed by atoms with E-state index in [9.17, 15) is 9.59 Å². The van der Waals surface area contributed by atoms with Crippen molar-refractivity contribution in [1.82, 2.24) is 20.6 Å². The first-order chi connectivity index (χ1) is 13.3. The van der Waals surface area contributed by atoms with Crippen molar-refractivity contribution in [3.8, 4) is 0 Å². The van der Waals surface area contributed by atoms with E-state index in [0.29, 0.717) is 11.5 Å². The molecule has 2 N–H and O–H groups in total. The van der Waals surface area contributed by atoms with Gasteiger partial charge in [0.25, 0.3) is 0 Å². The number of benzene rings is 1. The third kappa shape index (κ3) is 3.93. The normalized spacial score (nSPS) is 11.2. The van der Waals surface area contributed by atoms with Crippen LogP contribution in [-0.2, 0) is 17.8 Å². The molecule has 1 aromatic carbocycles. The highest BCUT2D eigenvalue weighted by atomic mass is 16.3. The van der Waals surface area contributed by atoms with Crippen LogP contribution >= 0.6 is 0 Å². The van der Waals surface area contributed by atoms with Crippen molar-refractivity contribution in [2.45, 2.75) is 47.6 Å². The number of rotatable bonds is 5. The Labute approximate surface area is 164 Å². The molecular weight excluding hydrogens is 356 g/mol. The Morgan fingerprint density at radius 2 is 1.86 bits per heavy atom. The van der Waals surface area contributed by atoms with Crippen LogP contribution in [0.25, 0.3) is 11.0 Å². The lowest BCUT2D eigenvalue weighted by Gasteiger charge is -2.09. The summed E-state index contributed by atoms with van der Waals surface area (Å²) >= 11 is 0. The van der Waals surface area contributed by atoms with Gasteiger partial charge >= 0.3 is 5.91 Å². The molecule has 0 unspecified atom stereocenters. The van der Waals surface area contributed by atoms with Gasteiger partial charge in [-0.25, -0.2) is 0 Å². The SMILES string of the molecule is Cc1nn(CC(C)C)c(C)c1CC(=O)NNC(=O)c1oc2ccccc2c1C. The molecule has 0 atom stereocenters. The van der Waals surface area contributed by atoms with Gasteiger partial charge in [-0.15, -0.1) is 0 Å². The molecule has 0 spiro atoms. The minimum absolute atomic E-state index is 0.148. The molecule has 0 bridgehead atoms. The first kappa shape index (κ1) is 19.7. The number of hydrogen-bond acceptors (Lipinski definition) is 4. The van der Waals surface area contributed by atoms with Crippen molar-refractivity contribution in [2.75, 3.05) is 0 Å². The Morgan fingerprint density at radius 1 is 1.14 bits per heavy atom. The van der Waals surface area contributed by atoms with Gasteiger partial charge < -0.3 is 4.42 Å². The van der Waals surface area contributed by atoms with Crippen LogP contribution in [0.5, 0.6) is 0 Å². The van der Waals surface area contributed by atoms with Crippen LogP contribution in [0.1, 0.15) is 46.9 Å². The summed E-state index contributed by atoms with van der Waals surface area (Å²) in [7, 11) is 0. The zero-order valence-corrected chi connectivity index (χ0v) is 16.9. The fourth-order valence-electron chi connectivity index (χ4n) is 3.29. The highest BCUT2D eigenvalue weighted by Crippen LogP contribution is 2.24. The maximum Gasteiger partial charge on any atom is 0.305 e. The van der Waals surface area contributed by atoms with Gasteiger partial charge in [0.2, 0.25) is 5.91 Å². The molecule has 7 nitrogen and oxygen atoms in total. The van der Waals surface area contributed by atoms with Crippen LogP contribution in [-0.4, -0.2) is 21.6 Å². The number of para-hydroxylation sites is 1. The third-order valence-electron chi connectivity index (χ3n) is 4.77. The summed E-state index contributed by atoms with van der Waals surface area (Å²) in [6, 6.07) is 7.43. The van der Waals surface area contributed by atoms with Gasteiger partial charge in [0.05, 0.1) is 12.1 Å². The van der Waals surface area contributed by atoms with Gasteiger partial charge in [-0.05, 0) is 32.8 Å². The lowest BCUT2D eigenvalue weighted by Crippen LogP contribution is -2.42. The predicted molar refractivity (Wildman–Crippen MR) is 107 cm³/mol. The average molecular weight is 382 g/mol. The number of fused-ring (bicyclic) bond motifs is 1. The molecule has 2 heterocycles. The number of hydrazine groups is 1. The molecule has 0 saturated carbocycles. The van der Waals surface area contributed by atoms with E-state index in [1.165, 1.54) is 0 Å². The summed E-state index contributed by atoms with van der Waals surface area (Å²) in [6.45, 7) is 10.7. The van der Waals surface area contributed by atoms with Crippen LogP contribution in [0.2, 0.25) is 0 Å². The minimum Gasteiger partial charge on any atom is -0.451 e. The van der Waals surface area contributed by atoms with E-state index in [1.807, 2.05) is 43.7 Å². The van der Waals surface area contributed by atoms with Gasteiger partial charge in [-0.3, -0.25) is 25.1 Å². The number of amides is 2. The van der Waals surface area contributed by atoms with Crippen molar-refractivity contribution in [3.63, 3.8) is 0 Å². The van der Waals surface area contributed by atoms with Crippen LogP contribution in [0.3, 0.4) is 0 Å². The minimum atomic E-state index is -0.481. The molecule has 0 aliphatic heterocycles. The Kier molecular flexibility index (Phi) is 5.53. The number of furan rings is 1. The van der Waals surface area contributed by atoms with E-state index in [-0.39, 0.29) is 18.1 Å². The monoisotopic (exact) mass is 382 g/mol. The molecule has 148 valence electrons. The summed E-state index contributed by atoms with van der Waals surface area (Å²) in [5.74, 6) is -0.131. The number of nitrogens with one attached hydrogen (secondary N) is 2. The molecule has 28 heavy (non-hydrogen) atoms. The van der Waals surface area contributed by atoms with Gasteiger partial charge in [0.15, 0.2) is 5.76 Å². The second kappa shape index (κ2) is 7.88. The Hall–Kier alpha value is -3.09. The van der Waals surface area contributed by atoms with E-state index < -0.39 is 5.91 Å². The smallest absolute Gasteiger partial charge is 0.305 e. The van der Waals surface area contributed by atoms with E-state index in [1.54, 1.807) is 6.07 Å². The van der Waals surface area contributed by atoms with Crippen LogP contribution in [0.4, 0.5) is 0 Å². The molecule has 0 fully saturated rings. The van der Waals surface area contributed by atoms with E-state index in [4.69, 9.17) is 4.42 Å². The fourth-order valence-corrected chi connectivity index (χ4v) is 3.29. The summed E-state index contributed by atoms with van der Waals surface area (Å²) in [4.78, 5) is 24.8. The predicted octanol–water partition coefficient (Wildman–Crippen LogP) is 3.21. The molecule has 3 aromatic rings. The van der Waals surface area contributed by atoms with Gasteiger partial charge in [0.1, 0.15) is 5.58 Å². The van der Waals surface area contributed by atoms with Crippen molar-refractivity contribution in [3.05, 3.63) is 52.5 Å². The van der Waals surface area contributed by atoms with Gasteiger partial charge in [-0.1, -0.05) is 32.0 Å². The zero-order chi connectivity index (χ0) is 20.4. The van der Waals surface area contributed by atoms with Crippen LogP contribution < -0.4 is 10.9 Å². The van der Waals surface area contributed by atoms with Gasteiger partial charge in [0, 0.05) is 28.8 Å². The van der Waals surface area contributed by atoms with E-state index in [2.05, 4.69) is 29.8 Å². The molecule has 2 aromatic heterocycles. The maximum absolute atomic E-state index is 12.4. The quantitative estimate of drug-likeness (QED) is 0.663. The third-order valence-corrected chi connectivity index (χ3v) is 4.77. The molecular formula is C21H26N4O3. The fraction of sp³-hybridized carbons (Fsp3) is 0.381. The second-order valence-corrected chi connectivity index (χ2v) is 7.46. The molecule has 2 amide bonds. The number of nitrogens with zero attached hydrogens (tertiary/aromatic N) is 2. The number of aromatic nitrogens is 2. The molecule has 0 aliphatic rings. The molecule has 0 radical (unpaired) electrons.